The van der Waals surface area contributed by atoms with E-state index in [1.807, 2.05) is 6.07 Å². The molecule has 0 fully saturated rings. The van der Waals surface area contributed by atoms with Gasteiger partial charge in [-0.2, -0.15) is 0 Å². The first-order valence-electron chi connectivity index (χ1n) is 5.36. The molecule has 5 heteroatoms. The van der Waals surface area contributed by atoms with E-state index < -0.39 is 5.97 Å². The van der Waals surface area contributed by atoms with Crippen LogP contribution in [0, 0.1) is 13.8 Å². The summed E-state index contributed by atoms with van der Waals surface area (Å²) in [7, 11) is 0. The molecule has 1 heterocycles. The van der Waals surface area contributed by atoms with Gasteiger partial charge in [-0.25, -0.2) is 14.8 Å². The fourth-order valence-corrected chi connectivity index (χ4v) is 2.20. The number of carboxylic acids is 1. The number of rotatable bonds is 3. The number of hydrogen-bond donors (Lipinski definition) is 1. The van der Waals surface area contributed by atoms with Gasteiger partial charge in [-0.15, -0.1) is 0 Å². The van der Waals surface area contributed by atoms with Crippen LogP contribution >= 0.6 is 11.8 Å². The summed E-state index contributed by atoms with van der Waals surface area (Å²) in [6.07, 6.45) is 2.75. The van der Waals surface area contributed by atoms with Crippen LogP contribution in [-0.4, -0.2) is 21.0 Å². The van der Waals surface area contributed by atoms with Gasteiger partial charge < -0.3 is 5.11 Å². The zero-order valence-corrected chi connectivity index (χ0v) is 10.9. The molecule has 1 aromatic carbocycles. The number of benzene rings is 1. The number of nitrogens with zero attached hydrogens (tertiary/aromatic N) is 2. The van der Waals surface area contributed by atoms with E-state index in [0.717, 1.165) is 4.90 Å². The first-order valence-corrected chi connectivity index (χ1v) is 6.18. The SMILES string of the molecule is Cc1ccc(Sc2cnc(C(=O)O)cn2)cc1C. The molecule has 2 rings (SSSR count). The predicted molar refractivity (Wildman–Crippen MR) is 69.0 cm³/mol. The van der Waals surface area contributed by atoms with Crippen LogP contribution in [-0.2, 0) is 0 Å². The minimum Gasteiger partial charge on any atom is -0.476 e. The van der Waals surface area contributed by atoms with Gasteiger partial charge in [0.2, 0.25) is 0 Å². The summed E-state index contributed by atoms with van der Waals surface area (Å²) in [5.41, 5.74) is 2.42. The summed E-state index contributed by atoms with van der Waals surface area (Å²) in [4.78, 5) is 19.6. The lowest BCUT2D eigenvalue weighted by atomic mass is 10.1. The van der Waals surface area contributed by atoms with Crippen LogP contribution < -0.4 is 0 Å². The smallest absolute Gasteiger partial charge is 0.356 e. The lowest BCUT2D eigenvalue weighted by Gasteiger charge is -2.04. The van der Waals surface area contributed by atoms with E-state index in [4.69, 9.17) is 5.11 Å². The van der Waals surface area contributed by atoms with Crippen molar-refractivity contribution in [2.24, 2.45) is 0 Å². The molecule has 0 aliphatic carbocycles. The molecule has 0 aliphatic heterocycles. The lowest BCUT2D eigenvalue weighted by Crippen LogP contribution is -2.00. The minimum absolute atomic E-state index is 0.0422. The largest absolute Gasteiger partial charge is 0.476 e. The molecule has 0 unspecified atom stereocenters. The van der Waals surface area contributed by atoms with Crippen LogP contribution in [0.2, 0.25) is 0 Å². The third-order valence-electron chi connectivity index (χ3n) is 2.55. The topological polar surface area (TPSA) is 63.1 Å². The molecule has 0 bridgehead atoms. The van der Waals surface area contributed by atoms with Crippen molar-refractivity contribution in [2.75, 3.05) is 0 Å². The predicted octanol–water partition coefficient (Wildman–Crippen LogP) is 2.94. The van der Waals surface area contributed by atoms with Crippen molar-refractivity contribution in [1.82, 2.24) is 9.97 Å². The Morgan fingerprint density at radius 2 is 1.94 bits per heavy atom. The maximum absolute atomic E-state index is 10.6. The van der Waals surface area contributed by atoms with Crippen LogP contribution in [0.4, 0.5) is 0 Å². The number of hydrogen-bond acceptors (Lipinski definition) is 4. The molecular formula is C13H12N2O2S. The lowest BCUT2D eigenvalue weighted by molar-refractivity contribution is 0.0689. The molecule has 0 aliphatic rings. The average molecular weight is 260 g/mol. The summed E-state index contributed by atoms with van der Waals surface area (Å²) in [5.74, 6) is -1.06. The highest BCUT2D eigenvalue weighted by molar-refractivity contribution is 7.99. The molecule has 0 saturated carbocycles. The van der Waals surface area contributed by atoms with Crippen molar-refractivity contribution in [3.8, 4) is 0 Å². The van der Waals surface area contributed by atoms with Crippen LogP contribution in [0.3, 0.4) is 0 Å². The van der Waals surface area contributed by atoms with Crippen molar-refractivity contribution >= 4 is 17.7 Å². The van der Waals surface area contributed by atoms with Gasteiger partial charge >= 0.3 is 5.97 Å². The molecule has 0 amide bonds. The molecule has 1 aromatic heterocycles. The van der Waals surface area contributed by atoms with Gasteiger partial charge in [0.1, 0.15) is 5.03 Å². The normalized spacial score (nSPS) is 10.3. The van der Waals surface area contributed by atoms with Crippen molar-refractivity contribution < 1.29 is 9.90 Å². The Labute approximate surface area is 109 Å². The van der Waals surface area contributed by atoms with E-state index in [1.54, 1.807) is 0 Å². The minimum atomic E-state index is -1.06. The molecule has 18 heavy (non-hydrogen) atoms. The maximum atomic E-state index is 10.6. The molecule has 0 radical (unpaired) electrons. The second kappa shape index (κ2) is 5.18. The Kier molecular flexibility index (Phi) is 3.62. The monoisotopic (exact) mass is 260 g/mol. The molecule has 2 aromatic rings. The molecule has 0 spiro atoms. The third kappa shape index (κ3) is 2.87. The van der Waals surface area contributed by atoms with Crippen LogP contribution in [0.25, 0.3) is 0 Å². The number of aromatic carboxylic acids is 1. The maximum Gasteiger partial charge on any atom is 0.356 e. The summed E-state index contributed by atoms with van der Waals surface area (Å²) in [6.45, 7) is 4.11. The second-order valence-corrected chi connectivity index (χ2v) is 4.99. The zero-order valence-electron chi connectivity index (χ0n) is 10.0. The summed E-state index contributed by atoms with van der Waals surface area (Å²) in [5, 5.41) is 9.41. The van der Waals surface area contributed by atoms with Gasteiger partial charge in [-0.05, 0) is 37.1 Å². The number of aryl methyl sites for hydroxylation is 2. The highest BCUT2D eigenvalue weighted by Gasteiger charge is 2.06. The Morgan fingerprint density at radius 1 is 1.17 bits per heavy atom. The standard InChI is InChI=1S/C13H12N2O2S/c1-8-3-4-10(5-9(8)2)18-12-7-14-11(6-15-12)13(16)17/h3-7H,1-2H3,(H,16,17). The number of aromatic nitrogens is 2. The summed E-state index contributed by atoms with van der Waals surface area (Å²) >= 11 is 1.46. The average Bonchev–Trinajstić information content (AvgIpc) is 2.34. The summed E-state index contributed by atoms with van der Waals surface area (Å²) < 4.78 is 0. The highest BCUT2D eigenvalue weighted by Crippen LogP contribution is 2.26. The Hall–Kier alpha value is -1.88. The molecule has 92 valence electrons. The molecular weight excluding hydrogens is 248 g/mol. The Balaban J connectivity index is 2.18. The van der Waals surface area contributed by atoms with E-state index in [-0.39, 0.29) is 5.69 Å². The van der Waals surface area contributed by atoms with Crippen molar-refractivity contribution in [1.29, 1.82) is 0 Å². The number of carbonyl (C=O) groups is 1. The fourth-order valence-electron chi connectivity index (χ4n) is 1.38. The molecule has 0 saturated heterocycles. The van der Waals surface area contributed by atoms with Crippen molar-refractivity contribution in [3.05, 3.63) is 47.4 Å². The van der Waals surface area contributed by atoms with Crippen molar-refractivity contribution in [2.45, 2.75) is 23.8 Å². The molecule has 0 atom stereocenters. The summed E-state index contributed by atoms with van der Waals surface area (Å²) in [6, 6.07) is 6.14. The van der Waals surface area contributed by atoms with Crippen molar-refractivity contribution in [3.63, 3.8) is 0 Å². The van der Waals surface area contributed by atoms with E-state index in [1.165, 1.54) is 35.3 Å². The second-order valence-electron chi connectivity index (χ2n) is 3.89. The van der Waals surface area contributed by atoms with Crippen LogP contribution in [0.5, 0.6) is 0 Å². The van der Waals surface area contributed by atoms with Gasteiger partial charge in [-0.3, -0.25) is 0 Å². The van der Waals surface area contributed by atoms with Crippen LogP contribution in [0.15, 0.2) is 40.5 Å². The number of carboxylic acid groups (broad SMARTS) is 1. The van der Waals surface area contributed by atoms with E-state index in [0.29, 0.717) is 5.03 Å². The quantitative estimate of drug-likeness (QED) is 0.919. The van der Waals surface area contributed by atoms with Gasteiger partial charge in [-0.1, -0.05) is 17.8 Å². The zero-order chi connectivity index (χ0) is 13.1. The van der Waals surface area contributed by atoms with Gasteiger partial charge in [0.05, 0.1) is 12.4 Å². The fraction of sp³-hybridized carbons (Fsp3) is 0.154. The molecule has 1 N–H and O–H groups in total. The van der Waals surface area contributed by atoms with Gasteiger partial charge in [0, 0.05) is 4.90 Å². The van der Waals surface area contributed by atoms with E-state index in [2.05, 4.69) is 35.9 Å². The van der Waals surface area contributed by atoms with Gasteiger partial charge in [0.25, 0.3) is 0 Å². The van der Waals surface area contributed by atoms with E-state index in [9.17, 15) is 4.79 Å². The Bertz CT molecular complexity index is 582. The Morgan fingerprint density at radius 3 is 2.50 bits per heavy atom. The van der Waals surface area contributed by atoms with Gasteiger partial charge in [0.15, 0.2) is 5.69 Å². The first-order chi connectivity index (χ1) is 8.56. The third-order valence-corrected chi connectivity index (χ3v) is 3.46. The highest BCUT2D eigenvalue weighted by atomic mass is 32.2. The molecule has 4 nitrogen and oxygen atoms in total. The van der Waals surface area contributed by atoms with E-state index >= 15 is 0 Å². The van der Waals surface area contributed by atoms with Crippen LogP contribution in [0.1, 0.15) is 21.6 Å². The first kappa shape index (κ1) is 12.6.